The summed E-state index contributed by atoms with van der Waals surface area (Å²) < 4.78 is 0.915. The van der Waals surface area contributed by atoms with Crippen LogP contribution in [0, 0.1) is 6.92 Å². The molecule has 0 heterocycles. The van der Waals surface area contributed by atoms with Gasteiger partial charge in [0.1, 0.15) is 0 Å². The zero-order chi connectivity index (χ0) is 15.2. The van der Waals surface area contributed by atoms with E-state index >= 15 is 0 Å². The topological polar surface area (TPSA) is 41.5 Å². The number of aryl methyl sites for hydroxylation is 1. The Kier molecular flexibility index (Phi) is 5.28. The Morgan fingerprint density at radius 3 is 2.48 bits per heavy atom. The number of carbonyl (C=O) groups is 1. The molecule has 0 aliphatic carbocycles. The molecule has 0 fully saturated rings. The molecule has 4 heteroatoms. The summed E-state index contributed by atoms with van der Waals surface area (Å²) in [7, 11) is 0. The van der Waals surface area contributed by atoms with E-state index in [2.05, 4.69) is 26.5 Å². The van der Waals surface area contributed by atoms with Crippen LogP contribution in [-0.2, 0) is 0 Å². The zero-order valence-electron chi connectivity index (χ0n) is 12.1. The van der Waals surface area contributed by atoms with Gasteiger partial charge in [-0.25, -0.2) is 5.43 Å². The van der Waals surface area contributed by atoms with E-state index in [0.29, 0.717) is 5.56 Å². The monoisotopic (exact) mass is 344 g/mol. The first-order valence-electron chi connectivity index (χ1n) is 6.80. The molecule has 21 heavy (non-hydrogen) atoms. The number of nitrogens with zero attached hydrogens (tertiary/aromatic N) is 1. The van der Waals surface area contributed by atoms with Crippen molar-refractivity contribution in [1.29, 1.82) is 0 Å². The second kappa shape index (κ2) is 7.18. The van der Waals surface area contributed by atoms with Gasteiger partial charge in [0, 0.05) is 10.0 Å². The van der Waals surface area contributed by atoms with Crippen LogP contribution in [0.5, 0.6) is 0 Å². The zero-order valence-corrected chi connectivity index (χ0v) is 13.6. The SMILES string of the molecule is CCC(=NNC(=O)c1ccc(C)c(Br)c1)c1ccccc1. The molecule has 3 nitrogen and oxygen atoms in total. The van der Waals surface area contributed by atoms with Crippen molar-refractivity contribution in [2.24, 2.45) is 5.10 Å². The fraction of sp³-hybridized carbons (Fsp3) is 0.176. The molecule has 0 spiro atoms. The largest absolute Gasteiger partial charge is 0.271 e. The van der Waals surface area contributed by atoms with Gasteiger partial charge in [0.2, 0.25) is 0 Å². The van der Waals surface area contributed by atoms with Crippen LogP contribution in [0.15, 0.2) is 58.1 Å². The standard InChI is InChI=1S/C17H17BrN2O/c1-3-16(13-7-5-4-6-8-13)19-20-17(21)14-10-9-12(2)15(18)11-14/h4-11H,3H2,1-2H3,(H,20,21). The van der Waals surface area contributed by atoms with Gasteiger partial charge in [-0.2, -0.15) is 5.10 Å². The number of benzene rings is 2. The van der Waals surface area contributed by atoms with Crippen molar-refractivity contribution in [2.45, 2.75) is 20.3 Å². The number of halogens is 1. The Morgan fingerprint density at radius 1 is 1.14 bits per heavy atom. The third kappa shape index (κ3) is 4.02. The number of carbonyl (C=O) groups excluding carboxylic acids is 1. The Labute approximate surface area is 133 Å². The number of hydrazone groups is 1. The van der Waals surface area contributed by atoms with E-state index in [0.717, 1.165) is 27.7 Å². The lowest BCUT2D eigenvalue weighted by Crippen LogP contribution is -2.20. The van der Waals surface area contributed by atoms with Crippen molar-refractivity contribution < 1.29 is 4.79 Å². The van der Waals surface area contributed by atoms with Gasteiger partial charge in [-0.1, -0.05) is 59.3 Å². The van der Waals surface area contributed by atoms with Crippen molar-refractivity contribution in [2.75, 3.05) is 0 Å². The van der Waals surface area contributed by atoms with Gasteiger partial charge < -0.3 is 0 Å². The number of hydrogen-bond acceptors (Lipinski definition) is 2. The number of hydrogen-bond donors (Lipinski definition) is 1. The summed E-state index contributed by atoms with van der Waals surface area (Å²) in [5.74, 6) is -0.211. The molecule has 2 aromatic rings. The summed E-state index contributed by atoms with van der Waals surface area (Å²) in [4.78, 5) is 12.1. The van der Waals surface area contributed by atoms with Crippen LogP contribution in [-0.4, -0.2) is 11.6 Å². The Balaban J connectivity index is 2.15. The van der Waals surface area contributed by atoms with Crippen LogP contribution < -0.4 is 5.43 Å². The highest BCUT2D eigenvalue weighted by molar-refractivity contribution is 9.10. The van der Waals surface area contributed by atoms with Crippen LogP contribution in [0.3, 0.4) is 0 Å². The fourth-order valence-corrected chi connectivity index (χ4v) is 2.27. The lowest BCUT2D eigenvalue weighted by molar-refractivity contribution is 0.0954. The maximum Gasteiger partial charge on any atom is 0.271 e. The Morgan fingerprint density at radius 2 is 1.86 bits per heavy atom. The van der Waals surface area contributed by atoms with E-state index < -0.39 is 0 Å². The summed E-state index contributed by atoms with van der Waals surface area (Å²) in [5.41, 5.74) is 6.17. The molecule has 2 rings (SSSR count). The molecule has 0 bridgehead atoms. The molecule has 0 aliphatic heterocycles. The van der Waals surface area contributed by atoms with Gasteiger partial charge in [0.05, 0.1) is 5.71 Å². The van der Waals surface area contributed by atoms with E-state index in [1.165, 1.54) is 0 Å². The van der Waals surface area contributed by atoms with E-state index in [1.807, 2.05) is 50.2 Å². The lowest BCUT2D eigenvalue weighted by Gasteiger charge is -2.06. The molecule has 0 aromatic heterocycles. The van der Waals surface area contributed by atoms with Crippen molar-refractivity contribution in [3.8, 4) is 0 Å². The van der Waals surface area contributed by atoms with Crippen LogP contribution in [0.4, 0.5) is 0 Å². The van der Waals surface area contributed by atoms with Crippen LogP contribution in [0.2, 0.25) is 0 Å². The average molecular weight is 345 g/mol. The van der Waals surface area contributed by atoms with Gasteiger partial charge in [-0.15, -0.1) is 0 Å². The molecule has 1 amide bonds. The predicted molar refractivity (Wildman–Crippen MR) is 89.6 cm³/mol. The second-order valence-corrected chi connectivity index (χ2v) is 5.54. The number of nitrogens with one attached hydrogen (secondary N) is 1. The fourth-order valence-electron chi connectivity index (χ4n) is 1.90. The first-order valence-corrected chi connectivity index (χ1v) is 7.59. The van der Waals surface area contributed by atoms with E-state index in [9.17, 15) is 4.79 Å². The van der Waals surface area contributed by atoms with E-state index in [4.69, 9.17) is 0 Å². The van der Waals surface area contributed by atoms with Gasteiger partial charge in [-0.05, 0) is 36.6 Å². The molecule has 0 atom stereocenters. The molecule has 108 valence electrons. The van der Waals surface area contributed by atoms with Crippen LogP contribution in [0.1, 0.15) is 34.8 Å². The van der Waals surface area contributed by atoms with Crippen LogP contribution >= 0.6 is 15.9 Å². The minimum Gasteiger partial charge on any atom is -0.267 e. The third-order valence-corrected chi connectivity index (χ3v) is 4.02. The average Bonchev–Trinajstić information content (AvgIpc) is 2.51. The van der Waals surface area contributed by atoms with E-state index in [1.54, 1.807) is 12.1 Å². The van der Waals surface area contributed by atoms with Crippen LogP contribution in [0.25, 0.3) is 0 Å². The predicted octanol–water partition coefficient (Wildman–Crippen LogP) is 4.30. The third-order valence-electron chi connectivity index (χ3n) is 3.17. The summed E-state index contributed by atoms with van der Waals surface area (Å²) in [5, 5.41) is 4.24. The Hall–Kier alpha value is -1.94. The normalized spacial score (nSPS) is 11.3. The van der Waals surface area contributed by atoms with E-state index in [-0.39, 0.29) is 5.91 Å². The summed E-state index contributed by atoms with van der Waals surface area (Å²) >= 11 is 3.43. The van der Waals surface area contributed by atoms with Crippen molar-refractivity contribution >= 4 is 27.5 Å². The lowest BCUT2D eigenvalue weighted by atomic mass is 10.1. The van der Waals surface area contributed by atoms with Crippen molar-refractivity contribution in [3.63, 3.8) is 0 Å². The molecule has 0 aliphatic rings. The van der Waals surface area contributed by atoms with Crippen molar-refractivity contribution in [3.05, 3.63) is 69.7 Å². The molecule has 1 N–H and O–H groups in total. The maximum absolute atomic E-state index is 12.1. The Bertz CT molecular complexity index is 666. The summed E-state index contributed by atoms with van der Waals surface area (Å²) in [6, 6.07) is 15.3. The molecule has 0 radical (unpaired) electrons. The van der Waals surface area contributed by atoms with Crippen molar-refractivity contribution in [1.82, 2.24) is 5.43 Å². The summed E-state index contributed by atoms with van der Waals surface area (Å²) in [6.45, 7) is 4.00. The molecule has 0 saturated heterocycles. The molecule has 0 unspecified atom stereocenters. The molecular formula is C17H17BrN2O. The second-order valence-electron chi connectivity index (χ2n) is 4.68. The first-order chi connectivity index (χ1) is 10.1. The smallest absolute Gasteiger partial charge is 0.267 e. The van der Waals surface area contributed by atoms with Gasteiger partial charge >= 0.3 is 0 Å². The minimum atomic E-state index is -0.211. The quantitative estimate of drug-likeness (QED) is 0.651. The highest BCUT2D eigenvalue weighted by atomic mass is 79.9. The van der Waals surface area contributed by atoms with Gasteiger partial charge in [-0.3, -0.25) is 4.79 Å². The number of rotatable bonds is 4. The number of amides is 1. The van der Waals surface area contributed by atoms with Gasteiger partial charge in [0.25, 0.3) is 5.91 Å². The summed E-state index contributed by atoms with van der Waals surface area (Å²) in [6.07, 6.45) is 0.752. The highest BCUT2D eigenvalue weighted by Crippen LogP contribution is 2.17. The molecular weight excluding hydrogens is 328 g/mol. The maximum atomic E-state index is 12.1. The van der Waals surface area contributed by atoms with Gasteiger partial charge in [0.15, 0.2) is 0 Å². The minimum absolute atomic E-state index is 0.211. The molecule has 0 saturated carbocycles. The first kappa shape index (κ1) is 15.4. The molecule has 2 aromatic carbocycles. The highest BCUT2D eigenvalue weighted by Gasteiger charge is 2.07.